The number of amides is 2. The highest BCUT2D eigenvalue weighted by Gasteiger charge is 2.25. The van der Waals surface area contributed by atoms with Gasteiger partial charge in [-0.3, -0.25) is 4.90 Å². The van der Waals surface area contributed by atoms with E-state index in [1.165, 1.54) is 0 Å². The lowest BCUT2D eigenvalue weighted by atomic mass is 10.2. The molecular formula is C12H23N3O3. The molecule has 2 amide bonds. The maximum atomic E-state index is 11.9. The minimum absolute atomic E-state index is 0.271. The summed E-state index contributed by atoms with van der Waals surface area (Å²) in [6.07, 6.45) is 0.396. The number of carboxylic acids is 1. The topological polar surface area (TPSA) is 72.9 Å². The van der Waals surface area contributed by atoms with E-state index in [2.05, 4.69) is 24.1 Å². The summed E-state index contributed by atoms with van der Waals surface area (Å²) < 4.78 is 0. The van der Waals surface area contributed by atoms with Gasteiger partial charge < -0.3 is 15.3 Å². The first kappa shape index (κ1) is 14.8. The number of hydrogen-bond donors (Lipinski definition) is 2. The minimum Gasteiger partial charge on any atom is -0.480 e. The SMILES string of the molecule is CC[C@@H](NC(=O)N1CCN(C(C)C)CC1)C(=O)O. The summed E-state index contributed by atoms with van der Waals surface area (Å²) in [6, 6.07) is -0.578. The van der Waals surface area contributed by atoms with Crippen LogP contribution in [0.5, 0.6) is 0 Å². The number of piperazine rings is 1. The second-order valence-corrected chi connectivity index (χ2v) is 4.87. The van der Waals surface area contributed by atoms with Gasteiger partial charge in [-0.2, -0.15) is 0 Å². The van der Waals surface area contributed by atoms with Gasteiger partial charge in [0, 0.05) is 32.2 Å². The molecule has 0 aromatic heterocycles. The number of carbonyl (C=O) groups is 2. The van der Waals surface area contributed by atoms with Gasteiger partial charge in [-0.25, -0.2) is 9.59 Å². The van der Waals surface area contributed by atoms with Crippen LogP contribution in [0.15, 0.2) is 0 Å². The quantitative estimate of drug-likeness (QED) is 0.773. The van der Waals surface area contributed by atoms with Crippen molar-refractivity contribution >= 4 is 12.0 Å². The van der Waals surface area contributed by atoms with E-state index >= 15 is 0 Å². The van der Waals surface area contributed by atoms with Gasteiger partial charge >= 0.3 is 12.0 Å². The summed E-state index contributed by atoms with van der Waals surface area (Å²) >= 11 is 0. The van der Waals surface area contributed by atoms with Crippen molar-refractivity contribution in [2.75, 3.05) is 26.2 Å². The lowest BCUT2D eigenvalue weighted by molar-refractivity contribution is -0.139. The zero-order valence-electron chi connectivity index (χ0n) is 11.3. The van der Waals surface area contributed by atoms with Gasteiger partial charge in [0.2, 0.25) is 0 Å². The Morgan fingerprint density at radius 1 is 1.22 bits per heavy atom. The van der Waals surface area contributed by atoms with Crippen LogP contribution in [0, 0.1) is 0 Å². The second kappa shape index (κ2) is 6.58. The molecule has 1 aliphatic rings. The van der Waals surface area contributed by atoms with E-state index in [4.69, 9.17) is 5.11 Å². The van der Waals surface area contributed by atoms with Crippen molar-refractivity contribution in [3.8, 4) is 0 Å². The molecular weight excluding hydrogens is 234 g/mol. The Morgan fingerprint density at radius 2 is 1.78 bits per heavy atom. The highest BCUT2D eigenvalue weighted by Crippen LogP contribution is 2.06. The molecule has 1 heterocycles. The highest BCUT2D eigenvalue weighted by molar-refractivity contribution is 5.82. The second-order valence-electron chi connectivity index (χ2n) is 4.87. The van der Waals surface area contributed by atoms with Crippen LogP contribution in [-0.2, 0) is 4.79 Å². The molecule has 6 heteroatoms. The average Bonchev–Trinajstić information content (AvgIpc) is 2.35. The number of aliphatic carboxylic acids is 1. The molecule has 6 nitrogen and oxygen atoms in total. The van der Waals surface area contributed by atoms with Crippen molar-refractivity contribution in [1.29, 1.82) is 0 Å². The number of urea groups is 1. The number of carboxylic acid groups (broad SMARTS) is 1. The Hall–Kier alpha value is -1.30. The molecule has 0 saturated carbocycles. The molecule has 1 saturated heterocycles. The van der Waals surface area contributed by atoms with Crippen LogP contribution in [0.25, 0.3) is 0 Å². The van der Waals surface area contributed by atoms with E-state index in [1.807, 2.05) is 0 Å². The Balaban J connectivity index is 2.42. The molecule has 0 radical (unpaired) electrons. The van der Waals surface area contributed by atoms with Crippen LogP contribution in [0.2, 0.25) is 0 Å². The van der Waals surface area contributed by atoms with Gasteiger partial charge in [-0.15, -0.1) is 0 Å². The van der Waals surface area contributed by atoms with Gasteiger partial charge in [0.1, 0.15) is 6.04 Å². The van der Waals surface area contributed by atoms with Crippen molar-refractivity contribution in [1.82, 2.24) is 15.1 Å². The lowest BCUT2D eigenvalue weighted by Crippen LogP contribution is -2.55. The molecule has 0 aliphatic carbocycles. The van der Waals surface area contributed by atoms with Crippen molar-refractivity contribution in [3.63, 3.8) is 0 Å². The fourth-order valence-corrected chi connectivity index (χ4v) is 2.02. The third-order valence-corrected chi connectivity index (χ3v) is 3.34. The molecule has 104 valence electrons. The summed E-state index contributed by atoms with van der Waals surface area (Å²) in [6.45, 7) is 9.00. The van der Waals surface area contributed by atoms with E-state index < -0.39 is 12.0 Å². The summed E-state index contributed by atoms with van der Waals surface area (Å²) in [7, 11) is 0. The van der Waals surface area contributed by atoms with E-state index in [-0.39, 0.29) is 6.03 Å². The first-order chi connectivity index (χ1) is 8.45. The minimum atomic E-state index is -0.980. The van der Waals surface area contributed by atoms with Crippen LogP contribution < -0.4 is 5.32 Å². The van der Waals surface area contributed by atoms with Crippen LogP contribution in [0.4, 0.5) is 4.79 Å². The van der Waals surface area contributed by atoms with Crippen LogP contribution in [-0.4, -0.2) is 65.2 Å². The van der Waals surface area contributed by atoms with Crippen molar-refractivity contribution in [3.05, 3.63) is 0 Å². The van der Waals surface area contributed by atoms with E-state index in [1.54, 1.807) is 11.8 Å². The molecule has 0 spiro atoms. The first-order valence-electron chi connectivity index (χ1n) is 6.48. The molecule has 0 unspecified atom stereocenters. The molecule has 0 bridgehead atoms. The van der Waals surface area contributed by atoms with Crippen molar-refractivity contribution in [2.24, 2.45) is 0 Å². The predicted molar refractivity (Wildman–Crippen MR) is 68.5 cm³/mol. The normalized spacial score (nSPS) is 18.8. The fourth-order valence-electron chi connectivity index (χ4n) is 2.02. The third-order valence-electron chi connectivity index (χ3n) is 3.34. The molecule has 1 fully saturated rings. The summed E-state index contributed by atoms with van der Waals surface area (Å²) in [4.78, 5) is 26.7. The lowest BCUT2D eigenvalue weighted by Gasteiger charge is -2.37. The molecule has 18 heavy (non-hydrogen) atoms. The molecule has 1 atom stereocenters. The highest BCUT2D eigenvalue weighted by atomic mass is 16.4. The Kier molecular flexibility index (Phi) is 5.40. The monoisotopic (exact) mass is 257 g/mol. The fraction of sp³-hybridized carbons (Fsp3) is 0.833. The zero-order chi connectivity index (χ0) is 13.7. The van der Waals surface area contributed by atoms with E-state index in [0.29, 0.717) is 25.6 Å². The van der Waals surface area contributed by atoms with Gasteiger partial charge in [-0.1, -0.05) is 6.92 Å². The molecule has 0 aromatic rings. The predicted octanol–water partition coefficient (Wildman–Crippen LogP) is 0.585. The molecule has 0 aromatic carbocycles. The van der Waals surface area contributed by atoms with Gasteiger partial charge in [0.05, 0.1) is 0 Å². The number of hydrogen-bond acceptors (Lipinski definition) is 3. The largest absolute Gasteiger partial charge is 0.480 e. The number of carbonyl (C=O) groups excluding carboxylic acids is 1. The van der Waals surface area contributed by atoms with Gasteiger partial charge in [-0.05, 0) is 20.3 Å². The third kappa shape index (κ3) is 3.87. The van der Waals surface area contributed by atoms with Gasteiger partial charge in [0.15, 0.2) is 0 Å². The number of rotatable bonds is 4. The first-order valence-corrected chi connectivity index (χ1v) is 6.48. The maximum absolute atomic E-state index is 11.9. The molecule has 2 N–H and O–H groups in total. The summed E-state index contributed by atoms with van der Waals surface area (Å²) in [5.74, 6) is -0.980. The Labute approximate surface area is 108 Å². The smallest absolute Gasteiger partial charge is 0.326 e. The standard InChI is InChI=1S/C12H23N3O3/c1-4-10(11(16)17)13-12(18)15-7-5-14(6-8-15)9(2)3/h9-10H,4-8H2,1-3H3,(H,13,18)(H,16,17)/t10-/m1/s1. The number of nitrogens with zero attached hydrogens (tertiary/aromatic N) is 2. The Bertz CT molecular complexity index is 299. The van der Waals surface area contributed by atoms with E-state index in [0.717, 1.165) is 13.1 Å². The Morgan fingerprint density at radius 3 is 2.17 bits per heavy atom. The summed E-state index contributed by atoms with van der Waals surface area (Å²) in [5, 5.41) is 11.4. The molecule has 1 aliphatic heterocycles. The number of nitrogens with one attached hydrogen (secondary N) is 1. The van der Waals surface area contributed by atoms with Crippen LogP contribution in [0.3, 0.4) is 0 Å². The van der Waals surface area contributed by atoms with Crippen molar-refractivity contribution in [2.45, 2.75) is 39.3 Å². The van der Waals surface area contributed by atoms with E-state index in [9.17, 15) is 9.59 Å². The summed E-state index contributed by atoms with van der Waals surface area (Å²) in [5.41, 5.74) is 0. The van der Waals surface area contributed by atoms with Crippen molar-refractivity contribution < 1.29 is 14.7 Å². The van der Waals surface area contributed by atoms with Crippen LogP contribution >= 0.6 is 0 Å². The van der Waals surface area contributed by atoms with Crippen LogP contribution in [0.1, 0.15) is 27.2 Å². The average molecular weight is 257 g/mol. The molecule has 1 rings (SSSR count). The van der Waals surface area contributed by atoms with Gasteiger partial charge in [0.25, 0.3) is 0 Å². The maximum Gasteiger partial charge on any atom is 0.326 e. The zero-order valence-corrected chi connectivity index (χ0v) is 11.3.